The van der Waals surface area contributed by atoms with Crippen LogP contribution in [0.3, 0.4) is 0 Å². The van der Waals surface area contributed by atoms with E-state index in [9.17, 15) is 13.2 Å². The van der Waals surface area contributed by atoms with Crippen molar-refractivity contribution in [2.75, 3.05) is 31.0 Å². The molecule has 32 heavy (non-hydrogen) atoms. The number of amides is 1. The van der Waals surface area contributed by atoms with Crippen molar-refractivity contribution in [3.63, 3.8) is 0 Å². The lowest BCUT2D eigenvalue weighted by Crippen LogP contribution is -2.37. The summed E-state index contributed by atoms with van der Waals surface area (Å²) in [6.07, 6.45) is 2.31. The summed E-state index contributed by atoms with van der Waals surface area (Å²) in [5, 5.41) is 5.04. The van der Waals surface area contributed by atoms with E-state index >= 15 is 0 Å². The molecule has 0 aliphatic carbocycles. The maximum Gasteiger partial charge on any atom is 0.264 e. The summed E-state index contributed by atoms with van der Waals surface area (Å²) in [4.78, 5) is 16.7. The minimum atomic E-state index is -3.90. The van der Waals surface area contributed by atoms with Gasteiger partial charge in [0, 0.05) is 18.5 Å². The fourth-order valence-electron chi connectivity index (χ4n) is 4.03. The number of thiophene rings is 1. The first-order chi connectivity index (χ1) is 15.5. The molecular formula is C24H27N3O3S2. The molecule has 6 nitrogen and oxygen atoms in total. The van der Waals surface area contributed by atoms with Gasteiger partial charge in [0.2, 0.25) is 0 Å². The van der Waals surface area contributed by atoms with Crippen molar-refractivity contribution in [2.45, 2.75) is 23.8 Å². The van der Waals surface area contributed by atoms with Crippen LogP contribution in [0.25, 0.3) is 0 Å². The van der Waals surface area contributed by atoms with Crippen LogP contribution in [0.15, 0.2) is 77.0 Å². The van der Waals surface area contributed by atoms with Crippen molar-refractivity contribution < 1.29 is 13.2 Å². The minimum absolute atomic E-state index is 0.00213. The van der Waals surface area contributed by atoms with Crippen molar-refractivity contribution in [1.29, 1.82) is 0 Å². The average Bonchev–Trinajstić information content (AvgIpc) is 3.54. The highest BCUT2D eigenvalue weighted by Gasteiger charge is 2.28. The molecule has 0 saturated carbocycles. The number of hydrogen-bond donors (Lipinski definition) is 1. The smallest absolute Gasteiger partial charge is 0.264 e. The van der Waals surface area contributed by atoms with E-state index in [1.807, 2.05) is 17.5 Å². The van der Waals surface area contributed by atoms with E-state index in [1.54, 1.807) is 53.8 Å². The molecule has 2 heterocycles. The Hall–Kier alpha value is -2.68. The molecule has 1 N–H and O–H groups in total. The summed E-state index contributed by atoms with van der Waals surface area (Å²) in [5.74, 6) is -0.383. The number of benzene rings is 2. The third-order valence-corrected chi connectivity index (χ3v) is 8.62. The maximum atomic E-state index is 13.3. The first-order valence-electron chi connectivity index (χ1n) is 10.7. The molecule has 1 saturated heterocycles. The second kappa shape index (κ2) is 9.85. The summed E-state index contributed by atoms with van der Waals surface area (Å²) in [5.41, 5.74) is 0.691. The van der Waals surface area contributed by atoms with Crippen LogP contribution in [-0.4, -0.2) is 45.9 Å². The maximum absolute atomic E-state index is 13.3. The molecule has 8 heteroatoms. The van der Waals surface area contributed by atoms with E-state index in [1.165, 1.54) is 22.3 Å². The first-order valence-corrected chi connectivity index (χ1v) is 13.0. The number of nitrogens with zero attached hydrogens (tertiary/aromatic N) is 2. The van der Waals surface area contributed by atoms with Gasteiger partial charge in [0.25, 0.3) is 15.9 Å². The Morgan fingerprint density at radius 2 is 1.72 bits per heavy atom. The number of hydrogen-bond acceptors (Lipinski definition) is 5. The van der Waals surface area contributed by atoms with Crippen LogP contribution < -0.4 is 9.62 Å². The van der Waals surface area contributed by atoms with Crippen LogP contribution >= 0.6 is 11.3 Å². The summed E-state index contributed by atoms with van der Waals surface area (Å²) >= 11 is 1.68. The van der Waals surface area contributed by atoms with E-state index in [-0.39, 0.29) is 22.4 Å². The number of carbonyl (C=O) groups is 1. The van der Waals surface area contributed by atoms with Crippen molar-refractivity contribution >= 4 is 33.0 Å². The third kappa shape index (κ3) is 4.72. The lowest BCUT2D eigenvalue weighted by Gasteiger charge is -2.27. The van der Waals surface area contributed by atoms with Gasteiger partial charge in [0.1, 0.15) is 4.90 Å². The Morgan fingerprint density at radius 1 is 1.03 bits per heavy atom. The highest BCUT2D eigenvalue weighted by atomic mass is 32.2. The summed E-state index contributed by atoms with van der Waals surface area (Å²) in [6.45, 7) is 2.44. The van der Waals surface area contributed by atoms with Gasteiger partial charge in [-0.3, -0.25) is 14.0 Å². The molecule has 1 unspecified atom stereocenters. The number of carbonyl (C=O) groups excluding carboxylic acids is 1. The predicted molar refractivity (Wildman–Crippen MR) is 129 cm³/mol. The van der Waals surface area contributed by atoms with Crippen LogP contribution in [0.1, 0.15) is 34.1 Å². The van der Waals surface area contributed by atoms with Crippen LogP contribution in [0.4, 0.5) is 5.69 Å². The van der Waals surface area contributed by atoms with E-state index in [4.69, 9.17) is 0 Å². The molecule has 0 spiro atoms. The Bertz CT molecular complexity index is 1140. The predicted octanol–water partition coefficient (Wildman–Crippen LogP) is 4.14. The standard InChI is InChI=1S/C24H27N3O3S2/c1-26(19-10-3-2-4-11-19)32(29,30)23-14-6-5-12-20(23)24(28)25-18-21(22-13-9-17-31-22)27-15-7-8-16-27/h2-6,9-14,17,21H,7-8,15-16,18H2,1H3,(H,25,28). The highest BCUT2D eigenvalue weighted by molar-refractivity contribution is 7.92. The zero-order valence-corrected chi connectivity index (χ0v) is 19.6. The molecule has 2 aromatic carbocycles. The topological polar surface area (TPSA) is 69.7 Å². The summed E-state index contributed by atoms with van der Waals surface area (Å²) in [7, 11) is -2.40. The number of anilines is 1. The van der Waals surface area contributed by atoms with E-state index in [0.717, 1.165) is 25.9 Å². The monoisotopic (exact) mass is 469 g/mol. The molecule has 1 aliphatic rings. The third-order valence-electron chi connectivity index (χ3n) is 5.80. The largest absolute Gasteiger partial charge is 0.350 e. The van der Waals surface area contributed by atoms with Crippen LogP contribution in [0, 0.1) is 0 Å². The van der Waals surface area contributed by atoms with Crippen molar-refractivity contribution in [3.05, 3.63) is 82.6 Å². The Kier molecular flexibility index (Phi) is 6.93. The van der Waals surface area contributed by atoms with Crippen molar-refractivity contribution in [3.8, 4) is 0 Å². The van der Waals surface area contributed by atoms with E-state index < -0.39 is 10.0 Å². The molecule has 4 rings (SSSR count). The molecular weight excluding hydrogens is 442 g/mol. The Labute approximate surface area is 193 Å². The Morgan fingerprint density at radius 3 is 2.41 bits per heavy atom. The lowest BCUT2D eigenvalue weighted by atomic mass is 10.1. The molecule has 1 aromatic heterocycles. The highest BCUT2D eigenvalue weighted by Crippen LogP contribution is 2.28. The van der Waals surface area contributed by atoms with Crippen LogP contribution in [0.5, 0.6) is 0 Å². The second-order valence-electron chi connectivity index (χ2n) is 7.79. The SMILES string of the molecule is CN(c1ccccc1)S(=O)(=O)c1ccccc1C(=O)NCC(c1cccs1)N1CCCC1. The molecule has 168 valence electrons. The van der Waals surface area contributed by atoms with Gasteiger partial charge in [0.15, 0.2) is 0 Å². The summed E-state index contributed by atoms with van der Waals surface area (Å²) < 4.78 is 27.9. The molecule has 1 amide bonds. The van der Waals surface area contributed by atoms with Gasteiger partial charge in [-0.05, 0) is 61.6 Å². The number of nitrogens with one attached hydrogen (secondary N) is 1. The average molecular weight is 470 g/mol. The number of rotatable bonds is 8. The molecule has 1 aliphatic heterocycles. The lowest BCUT2D eigenvalue weighted by molar-refractivity contribution is 0.0935. The fourth-order valence-corrected chi connectivity index (χ4v) is 6.28. The second-order valence-corrected chi connectivity index (χ2v) is 10.7. The van der Waals surface area contributed by atoms with E-state index in [2.05, 4.69) is 16.3 Å². The van der Waals surface area contributed by atoms with Crippen LogP contribution in [-0.2, 0) is 10.0 Å². The van der Waals surface area contributed by atoms with Crippen molar-refractivity contribution in [2.24, 2.45) is 0 Å². The fraction of sp³-hybridized carbons (Fsp3) is 0.292. The molecule has 1 atom stereocenters. The van der Waals surface area contributed by atoms with Crippen molar-refractivity contribution in [1.82, 2.24) is 10.2 Å². The number of sulfonamides is 1. The quantitative estimate of drug-likeness (QED) is 0.538. The van der Waals surface area contributed by atoms with E-state index in [0.29, 0.717) is 12.2 Å². The molecule has 0 bridgehead atoms. The van der Waals surface area contributed by atoms with Gasteiger partial charge in [-0.1, -0.05) is 36.4 Å². The Balaban J connectivity index is 1.56. The van der Waals surface area contributed by atoms with Gasteiger partial charge in [-0.2, -0.15) is 0 Å². The summed E-state index contributed by atoms with van der Waals surface area (Å²) in [6, 6.07) is 19.4. The zero-order chi connectivity index (χ0) is 22.6. The molecule has 3 aromatic rings. The molecule has 1 fully saturated rings. The van der Waals surface area contributed by atoms with Gasteiger partial charge >= 0.3 is 0 Å². The van der Waals surface area contributed by atoms with Crippen LogP contribution in [0.2, 0.25) is 0 Å². The minimum Gasteiger partial charge on any atom is -0.350 e. The molecule has 0 radical (unpaired) electrons. The first kappa shape index (κ1) is 22.5. The number of para-hydroxylation sites is 1. The van der Waals surface area contributed by atoms with Gasteiger partial charge in [0.05, 0.1) is 17.3 Å². The normalized spacial score (nSPS) is 15.4. The van der Waals surface area contributed by atoms with Gasteiger partial charge in [-0.25, -0.2) is 8.42 Å². The van der Waals surface area contributed by atoms with Gasteiger partial charge < -0.3 is 5.32 Å². The zero-order valence-electron chi connectivity index (χ0n) is 18.0. The number of likely N-dealkylation sites (tertiary alicyclic amines) is 1. The van der Waals surface area contributed by atoms with Gasteiger partial charge in [-0.15, -0.1) is 11.3 Å².